The Balaban J connectivity index is 0.808. The molecule has 3 aromatic carbocycles. The Kier molecular flexibility index (Phi) is 23.3. The number of ether oxygens (including phenoxy) is 2. The van der Waals surface area contributed by atoms with Crippen LogP contribution in [0.4, 0.5) is 5.69 Å². The third-order valence-electron chi connectivity index (χ3n) is 19.5. The van der Waals surface area contributed by atoms with Crippen LogP contribution in [0, 0.1) is 0 Å². The number of fused-ring (bicyclic) bond motifs is 9. The summed E-state index contributed by atoms with van der Waals surface area (Å²) in [7, 11) is 0. The van der Waals surface area contributed by atoms with E-state index >= 15 is 0 Å². The number of carbonyl (C=O) groups is 12. The van der Waals surface area contributed by atoms with Crippen molar-refractivity contribution >= 4 is 94.0 Å². The number of hydrogen-bond donors (Lipinski definition) is 10. The Bertz CT molecular complexity index is 3700. The first-order valence-corrected chi connectivity index (χ1v) is 34.5. The molecule has 100 heavy (non-hydrogen) atoms. The molecule has 31 heteroatoms. The highest BCUT2D eigenvalue weighted by molar-refractivity contribution is 7.80. The molecule has 11 N–H and O–H groups in total. The van der Waals surface area contributed by atoms with Crippen molar-refractivity contribution in [3.63, 3.8) is 0 Å². The number of thiocarbonyl (C=S) groups is 1. The van der Waals surface area contributed by atoms with E-state index in [9.17, 15) is 78.0 Å². The number of aliphatic hydroxyl groups excluding tert-OH is 1. The van der Waals surface area contributed by atoms with Crippen LogP contribution < -0.4 is 37.1 Å². The number of aliphatic carboxylic acids is 1. The fourth-order valence-corrected chi connectivity index (χ4v) is 14.6. The lowest BCUT2D eigenvalue weighted by atomic mass is 9.77. The van der Waals surface area contributed by atoms with E-state index in [4.69, 9.17) is 27.4 Å². The fourth-order valence-electron chi connectivity index (χ4n) is 14.4. The Hall–Kier alpha value is -9.91. The monoisotopic (exact) mass is 1400 g/mol. The van der Waals surface area contributed by atoms with E-state index in [-0.39, 0.29) is 111 Å². The van der Waals surface area contributed by atoms with Crippen LogP contribution in [-0.4, -0.2) is 233 Å². The second-order valence-corrected chi connectivity index (χ2v) is 26.8. The Morgan fingerprint density at radius 1 is 0.720 bits per heavy atom. The van der Waals surface area contributed by atoms with Crippen LogP contribution in [0.25, 0.3) is 0 Å². The minimum Gasteiger partial charge on any atom is -0.508 e. The maximum absolute atomic E-state index is 14.9. The first-order chi connectivity index (χ1) is 47.8. The highest BCUT2D eigenvalue weighted by atomic mass is 32.1. The van der Waals surface area contributed by atoms with Crippen LogP contribution in [0.2, 0.25) is 0 Å². The summed E-state index contributed by atoms with van der Waals surface area (Å²) in [5.74, 6) is -8.08. The van der Waals surface area contributed by atoms with Crippen LogP contribution in [0.1, 0.15) is 144 Å². The average Bonchev–Trinajstić information content (AvgIpc) is 1.44. The Labute approximate surface area is 582 Å². The molecule has 0 saturated carbocycles. The number of likely N-dealkylation sites (tertiary alicyclic amines) is 1. The average molecular weight is 1400 g/mol. The molecule has 0 aliphatic carbocycles. The topological polar surface area (TPSA) is 410 Å². The number of unbranched alkanes of at least 4 members (excludes halogenated alkanes) is 1. The zero-order valence-corrected chi connectivity index (χ0v) is 56.6. The van der Waals surface area contributed by atoms with Gasteiger partial charge in [0.2, 0.25) is 59.1 Å². The number of carboxylic acid groups (broad SMARTS) is 1. The van der Waals surface area contributed by atoms with Gasteiger partial charge in [-0.2, -0.15) is 0 Å². The molecule has 4 saturated heterocycles. The molecule has 10 amide bonds. The van der Waals surface area contributed by atoms with Crippen molar-refractivity contribution in [1.82, 2.24) is 50.7 Å². The predicted molar refractivity (Wildman–Crippen MR) is 360 cm³/mol. The predicted octanol–water partition coefficient (Wildman–Crippen LogP) is 1.69. The number of aliphatic hydroxyl groups is 1. The molecule has 1 spiro atoms. The largest absolute Gasteiger partial charge is 0.508 e. The zero-order valence-electron chi connectivity index (χ0n) is 55.8. The van der Waals surface area contributed by atoms with E-state index in [1.165, 1.54) is 67.5 Å². The number of esters is 1. The maximum atomic E-state index is 14.9. The molecule has 3 aromatic rings. The summed E-state index contributed by atoms with van der Waals surface area (Å²) in [6, 6.07) is 5.62. The normalized spacial score (nSPS) is 23.7. The summed E-state index contributed by atoms with van der Waals surface area (Å²) in [4.78, 5) is 174. The number of allylic oxidation sites excluding steroid dienone is 1. The van der Waals surface area contributed by atoms with Gasteiger partial charge in [0.05, 0.1) is 24.8 Å². The van der Waals surface area contributed by atoms with Crippen LogP contribution in [0.5, 0.6) is 23.0 Å². The van der Waals surface area contributed by atoms with Gasteiger partial charge in [0, 0.05) is 93.2 Å². The second kappa shape index (κ2) is 32.0. The summed E-state index contributed by atoms with van der Waals surface area (Å²) >= 11 is 5.68. The minimum absolute atomic E-state index is 0.0476. The molecular formula is C69H86N12O18S. The SMILES string of the molecule is C[C@@H]1NC(=O)[C@H]([C@@H](C)O)NC(=O)[C@@H]2CCCN2C(=O)CN(C(=O)[C@@H]2CCCN2C(=O)CCCCNC(=S)Nc2ccc3c(c2)C2(OC3=O)c3ccc(O)cc3Oc3cc(O)ccc32)CCCC/C=C/CN(CC(=O)N[C@@H](CCC(=O)O)C(N)=O)C(=O)[C@@H]2CCCN2C(=O)[C@@H]2CCCN2C1=O. The minimum atomic E-state index is -1.60. The number of anilines is 1. The number of carboxylic acids is 1. The van der Waals surface area contributed by atoms with E-state index in [1.54, 1.807) is 42.5 Å². The van der Waals surface area contributed by atoms with Gasteiger partial charge >= 0.3 is 11.9 Å². The molecule has 7 heterocycles. The van der Waals surface area contributed by atoms with Crippen molar-refractivity contribution in [3.05, 3.63) is 89.0 Å². The summed E-state index contributed by atoms with van der Waals surface area (Å²) in [6.07, 6.45) is 5.95. The molecule has 10 rings (SSSR count). The number of rotatable bonds is 15. The zero-order chi connectivity index (χ0) is 71.7. The summed E-state index contributed by atoms with van der Waals surface area (Å²) < 4.78 is 12.3. The molecular weight excluding hydrogens is 1320 g/mol. The molecule has 0 radical (unpaired) electrons. The van der Waals surface area contributed by atoms with Gasteiger partial charge in [-0.05, 0) is 158 Å². The van der Waals surface area contributed by atoms with E-state index in [0.29, 0.717) is 93.1 Å². The highest BCUT2D eigenvalue weighted by Gasteiger charge is 2.54. The van der Waals surface area contributed by atoms with Crippen LogP contribution in [0.15, 0.2) is 66.7 Å². The number of nitrogens with two attached hydrogens (primary N) is 1. The smallest absolute Gasteiger partial charge is 0.340 e. The van der Waals surface area contributed by atoms with E-state index in [1.807, 2.05) is 0 Å². The van der Waals surface area contributed by atoms with Crippen molar-refractivity contribution in [2.24, 2.45) is 5.73 Å². The van der Waals surface area contributed by atoms with Gasteiger partial charge < -0.3 is 91.6 Å². The van der Waals surface area contributed by atoms with Gasteiger partial charge in [-0.25, -0.2) is 4.79 Å². The van der Waals surface area contributed by atoms with Crippen LogP contribution >= 0.6 is 12.2 Å². The highest BCUT2D eigenvalue weighted by Crippen LogP contribution is 2.57. The van der Waals surface area contributed by atoms with E-state index < -0.39 is 139 Å². The maximum Gasteiger partial charge on any atom is 0.340 e. The number of carbonyl (C=O) groups excluding carboxylic acids is 11. The Morgan fingerprint density at radius 2 is 1.37 bits per heavy atom. The number of nitrogens with one attached hydrogen (secondary N) is 5. The van der Waals surface area contributed by atoms with Crippen molar-refractivity contribution in [2.75, 3.05) is 64.2 Å². The molecule has 8 atom stereocenters. The molecule has 536 valence electrons. The lowest BCUT2D eigenvalue weighted by Gasteiger charge is -2.36. The summed E-state index contributed by atoms with van der Waals surface area (Å²) in [5.41, 5.74) is 6.20. The number of benzene rings is 3. The molecule has 4 fully saturated rings. The number of phenols is 2. The molecule has 0 unspecified atom stereocenters. The molecule has 30 nitrogen and oxygen atoms in total. The standard InChI is InChI=1S/C69H86N12O18S/c1-39-63(93)80-32-13-17-52(80)66(96)81-33-12-16-51(81)65(95)76(37-55(85)74-48(60(70)90)25-26-58(88)89)28-8-4-3-5-9-29-77(38-57(87)78-30-10-14-49(78)61(91)75-59(40(2)82)62(92)72-39)64(94)50-15-11-31-79(50)56(86)18-6-7-27-71-68(100)73-41-19-22-44-47(34-41)69(99-67(44)97)45-23-20-42(83)35-53(45)98-54-36-43(84)21-24-46(54)69/h4,8,19-24,34-36,39-40,48-52,59,82-84H,3,5-7,9-18,25-33,37-38H2,1-2H3,(H2,70,90)(H,72,92)(H,74,85)(H,75,91)(H,88,89)(H2,71,73,100)/b8-4+/t39-,40+,48-,49-,50-,51-,52-,59-/m0/s1. The van der Waals surface area contributed by atoms with Gasteiger partial charge in [-0.1, -0.05) is 12.2 Å². The van der Waals surface area contributed by atoms with Crippen LogP contribution in [0.3, 0.4) is 0 Å². The number of primary amides is 1. The number of phenolic OH excluding ortho intramolecular Hbond substituents is 2. The molecule has 0 aromatic heterocycles. The van der Waals surface area contributed by atoms with Crippen molar-refractivity contribution < 1.29 is 87.4 Å². The number of aromatic hydroxyl groups is 2. The van der Waals surface area contributed by atoms with Crippen molar-refractivity contribution in [1.29, 1.82) is 0 Å². The quantitative estimate of drug-likeness (QED) is 0.0448. The van der Waals surface area contributed by atoms with Gasteiger partial charge in [0.1, 0.15) is 65.3 Å². The molecule has 7 aliphatic heterocycles. The van der Waals surface area contributed by atoms with Gasteiger partial charge in [-0.15, -0.1) is 0 Å². The first kappa shape index (κ1) is 72.8. The van der Waals surface area contributed by atoms with Crippen molar-refractivity contribution in [2.45, 2.75) is 171 Å². The van der Waals surface area contributed by atoms with E-state index in [2.05, 4.69) is 26.6 Å². The lowest BCUT2D eigenvalue weighted by Crippen LogP contribution is -2.60. The molecule has 0 bridgehead atoms. The first-order valence-electron chi connectivity index (χ1n) is 34.1. The van der Waals surface area contributed by atoms with E-state index in [0.717, 1.165) is 0 Å². The van der Waals surface area contributed by atoms with Gasteiger partial charge in [0.25, 0.3) is 0 Å². The second-order valence-electron chi connectivity index (χ2n) is 26.4. The fraction of sp³-hybridized carbons (Fsp3) is 0.522. The summed E-state index contributed by atoms with van der Waals surface area (Å²) in [5, 5.41) is 55.1. The van der Waals surface area contributed by atoms with Crippen LogP contribution in [-0.2, 0) is 63.1 Å². The van der Waals surface area contributed by atoms with Gasteiger partial charge in [0.15, 0.2) is 10.7 Å². The number of hydrogen-bond acceptors (Lipinski definition) is 18. The number of amides is 10. The van der Waals surface area contributed by atoms with Gasteiger partial charge in [-0.3, -0.25) is 52.7 Å². The van der Waals surface area contributed by atoms with Crippen molar-refractivity contribution in [3.8, 4) is 23.0 Å². The third-order valence-corrected chi connectivity index (χ3v) is 19.7. The molecule has 7 aliphatic rings. The third kappa shape index (κ3) is 16.2. The summed E-state index contributed by atoms with van der Waals surface area (Å²) in [6.45, 7) is 2.54. The number of nitrogens with zero attached hydrogens (tertiary/aromatic N) is 6. The Morgan fingerprint density at radius 3 is 2.04 bits per heavy atom. The lowest BCUT2D eigenvalue weighted by molar-refractivity contribution is -0.150.